The third kappa shape index (κ3) is 6.66. The molecule has 14 heteroatoms. The van der Waals surface area contributed by atoms with E-state index in [9.17, 15) is 23.2 Å². The number of anilines is 2. The fraction of sp³-hybridized carbons (Fsp3) is 0.227. The predicted octanol–water partition coefficient (Wildman–Crippen LogP) is 3.72. The van der Waals surface area contributed by atoms with Crippen molar-refractivity contribution in [3.05, 3.63) is 63.9 Å². The van der Waals surface area contributed by atoms with E-state index in [1.54, 1.807) is 19.9 Å². The van der Waals surface area contributed by atoms with Crippen LogP contribution in [-0.4, -0.2) is 49.8 Å². The van der Waals surface area contributed by atoms with Gasteiger partial charge < -0.3 is 26.0 Å². The monoisotopic (exact) mass is 525 g/mol. The minimum Gasteiger partial charge on any atom is -0.490 e. The smallest absolute Gasteiger partial charge is 0.353 e. The van der Waals surface area contributed by atoms with Crippen molar-refractivity contribution in [1.82, 2.24) is 15.2 Å². The van der Waals surface area contributed by atoms with Gasteiger partial charge in [-0.3, -0.25) is 14.7 Å². The van der Waals surface area contributed by atoms with E-state index in [-0.39, 0.29) is 27.9 Å². The fourth-order valence-corrected chi connectivity index (χ4v) is 2.80. The molecule has 192 valence electrons. The Kier molecular flexibility index (Phi) is 8.90. The summed E-state index contributed by atoms with van der Waals surface area (Å²) in [7, 11) is 0. The Morgan fingerprint density at radius 2 is 1.81 bits per heavy atom. The second-order valence-corrected chi connectivity index (χ2v) is 8.05. The zero-order valence-corrected chi connectivity index (χ0v) is 20.0. The minimum absolute atomic E-state index is 0.0896. The Morgan fingerprint density at radius 1 is 1.17 bits per heavy atom. The number of carbonyl (C=O) groups is 3. The van der Waals surface area contributed by atoms with Gasteiger partial charge in [0.05, 0.1) is 22.6 Å². The molecular weight excluding hydrogens is 504 g/mol. The van der Waals surface area contributed by atoms with E-state index in [2.05, 4.69) is 20.5 Å². The van der Waals surface area contributed by atoms with Crippen LogP contribution in [0.1, 0.15) is 47.2 Å². The molecule has 0 atom stereocenters. The van der Waals surface area contributed by atoms with Gasteiger partial charge in [0, 0.05) is 12.3 Å². The molecule has 0 unspecified atom stereocenters. The number of aromatic nitrogens is 3. The highest BCUT2D eigenvalue weighted by molar-refractivity contribution is 6.34. The van der Waals surface area contributed by atoms with Crippen LogP contribution in [0.25, 0.3) is 0 Å². The third-order valence-electron chi connectivity index (χ3n) is 4.74. The molecule has 1 aromatic carbocycles. The first kappa shape index (κ1) is 28.0. The van der Waals surface area contributed by atoms with Gasteiger partial charge in [0.25, 0.3) is 5.91 Å². The lowest BCUT2D eigenvalue weighted by molar-refractivity contribution is -0.142. The standard InChI is InChI=1S/C11H6ClF2N3O3.C11H16N2O3/c12-5-2-7(14)6(13)1-4(5)10(18)15-9-3-8(11(19)20)16-17-9;1-4-16-8-5-7(6-13-9(8)12)11(2,3)10(14)15/h1-3H,(H,19,20)(H2,15,16,17,18);5-6H,4H2,1-3H3,(H2,12,13)(H,14,15). The lowest BCUT2D eigenvalue weighted by Gasteiger charge is -2.20. The van der Waals surface area contributed by atoms with Gasteiger partial charge in [0.15, 0.2) is 29.0 Å². The number of ether oxygens (including phenoxy) is 1. The van der Waals surface area contributed by atoms with Gasteiger partial charge in [-0.1, -0.05) is 11.6 Å². The molecule has 0 aliphatic heterocycles. The summed E-state index contributed by atoms with van der Waals surface area (Å²) in [6.07, 6.45) is 1.46. The maximum Gasteiger partial charge on any atom is 0.353 e. The number of aromatic amines is 1. The van der Waals surface area contributed by atoms with Crippen LogP contribution in [-0.2, 0) is 10.2 Å². The number of amides is 1. The third-order valence-corrected chi connectivity index (χ3v) is 5.06. The minimum atomic E-state index is -1.26. The van der Waals surface area contributed by atoms with Crippen molar-refractivity contribution in [3.63, 3.8) is 0 Å². The van der Waals surface area contributed by atoms with Crippen LogP contribution in [0.2, 0.25) is 5.02 Å². The van der Waals surface area contributed by atoms with Gasteiger partial charge in [-0.15, -0.1) is 0 Å². The van der Waals surface area contributed by atoms with E-state index >= 15 is 0 Å². The van der Waals surface area contributed by atoms with Crippen LogP contribution in [0.5, 0.6) is 5.75 Å². The van der Waals surface area contributed by atoms with Crippen LogP contribution in [0, 0.1) is 11.6 Å². The number of nitrogens with zero attached hydrogens (tertiary/aromatic N) is 2. The molecule has 2 heterocycles. The van der Waals surface area contributed by atoms with Gasteiger partial charge in [0.2, 0.25) is 0 Å². The molecule has 36 heavy (non-hydrogen) atoms. The number of carboxylic acids is 2. The number of nitrogens with one attached hydrogen (secondary N) is 2. The van der Waals surface area contributed by atoms with Crippen molar-refractivity contribution < 1.29 is 38.1 Å². The van der Waals surface area contributed by atoms with E-state index in [0.29, 0.717) is 30.1 Å². The van der Waals surface area contributed by atoms with E-state index < -0.39 is 34.9 Å². The van der Waals surface area contributed by atoms with E-state index in [1.165, 1.54) is 6.20 Å². The van der Waals surface area contributed by atoms with Crippen molar-refractivity contribution in [2.45, 2.75) is 26.2 Å². The number of carboxylic acid groups (broad SMARTS) is 2. The number of hydrogen-bond acceptors (Lipinski definition) is 7. The Balaban J connectivity index is 0.000000261. The normalized spacial score (nSPS) is 10.7. The Morgan fingerprint density at radius 3 is 2.36 bits per heavy atom. The van der Waals surface area contributed by atoms with E-state index in [1.807, 2.05) is 6.92 Å². The SMILES string of the molecule is CCOc1cc(C(C)(C)C(=O)O)cnc1N.O=C(O)c1cc(NC(=O)c2cc(F)c(F)cc2Cl)n[nH]1. The summed E-state index contributed by atoms with van der Waals surface area (Å²) < 4.78 is 31.2. The van der Waals surface area contributed by atoms with E-state index in [0.717, 1.165) is 6.07 Å². The second-order valence-electron chi connectivity index (χ2n) is 7.64. The second kappa shape index (κ2) is 11.4. The van der Waals surface area contributed by atoms with E-state index in [4.69, 9.17) is 32.3 Å². The summed E-state index contributed by atoms with van der Waals surface area (Å²) in [5.41, 5.74) is 4.63. The molecule has 0 saturated carbocycles. The fourth-order valence-electron chi connectivity index (χ4n) is 2.57. The predicted molar refractivity (Wildman–Crippen MR) is 125 cm³/mol. The van der Waals surface area contributed by atoms with Crippen molar-refractivity contribution in [3.8, 4) is 5.75 Å². The number of halogens is 3. The average molecular weight is 526 g/mol. The maximum atomic E-state index is 13.1. The van der Waals surface area contributed by atoms with Crippen molar-refractivity contribution in [2.24, 2.45) is 0 Å². The van der Waals surface area contributed by atoms with Crippen molar-refractivity contribution in [2.75, 3.05) is 17.7 Å². The van der Waals surface area contributed by atoms with Crippen LogP contribution in [0.4, 0.5) is 20.4 Å². The summed E-state index contributed by atoms with van der Waals surface area (Å²) >= 11 is 5.63. The molecule has 3 rings (SSSR count). The summed E-state index contributed by atoms with van der Waals surface area (Å²) in [5, 5.41) is 25.4. The summed E-state index contributed by atoms with van der Waals surface area (Å²) in [5.74, 6) is -4.83. The molecule has 0 fully saturated rings. The van der Waals surface area contributed by atoms with Gasteiger partial charge in [-0.05, 0) is 44.5 Å². The molecule has 0 spiro atoms. The molecule has 2 aromatic heterocycles. The van der Waals surface area contributed by atoms with Crippen LogP contribution < -0.4 is 15.8 Å². The number of aromatic carboxylic acids is 1. The van der Waals surface area contributed by atoms with Crippen molar-refractivity contribution in [1.29, 1.82) is 0 Å². The summed E-state index contributed by atoms with van der Waals surface area (Å²) in [4.78, 5) is 37.4. The average Bonchev–Trinajstić information content (AvgIpc) is 3.27. The number of nitrogen functional groups attached to an aromatic ring is 1. The first-order valence-corrected chi connectivity index (χ1v) is 10.5. The molecular formula is C22H22ClF2N5O6. The molecule has 0 aliphatic carbocycles. The number of pyridine rings is 1. The Bertz CT molecular complexity index is 1300. The first-order valence-electron chi connectivity index (χ1n) is 10.1. The number of carbonyl (C=O) groups excluding carboxylic acids is 1. The zero-order valence-electron chi connectivity index (χ0n) is 19.2. The Labute approximate surface area is 208 Å². The van der Waals surface area contributed by atoms with Crippen LogP contribution in [0.3, 0.4) is 0 Å². The van der Waals surface area contributed by atoms with Gasteiger partial charge in [0.1, 0.15) is 5.69 Å². The first-order chi connectivity index (χ1) is 16.8. The topological polar surface area (TPSA) is 181 Å². The number of nitrogens with two attached hydrogens (primary N) is 1. The Hall–Kier alpha value is -4.26. The quantitative estimate of drug-likeness (QED) is 0.287. The lowest BCUT2D eigenvalue weighted by atomic mass is 9.86. The zero-order chi connectivity index (χ0) is 27.2. The molecule has 0 saturated heterocycles. The molecule has 3 aromatic rings. The highest BCUT2D eigenvalue weighted by atomic mass is 35.5. The molecule has 0 radical (unpaired) electrons. The van der Waals surface area contributed by atoms with Crippen molar-refractivity contribution >= 4 is 41.1 Å². The number of hydrogen-bond donors (Lipinski definition) is 5. The van der Waals surface area contributed by atoms with Gasteiger partial charge in [-0.25, -0.2) is 18.6 Å². The largest absolute Gasteiger partial charge is 0.490 e. The van der Waals surface area contributed by atoms with Gasteiger partial charge >= 0.3 is 11.9 Å². The number of H-pyrrole nitrogens is 1. The molecule has 6 N–H and O–H groups in total. The van der Waals surface area contributed by atoms with Crippen LogP contribution in [0.15, 0.2) is 30.5 Å². The summed E-state index contributed by atoms with van der Waals surface area (Å²) in [6, 6.07) is 3.99. The van der Waals surface area contributed by atoms with Crippen LogP contribution >= 0.6 is 11.6 Å². The lowest BCUT2D eigenvalue weighted by Crippen LogP contribution is -2.28. The molecule has 1 amide bonds. The van der Waals surface area contributed by atoms with Gasteiger partial charge in [-0.2, -0.15) is 5.10 Å². The number of rotatable bonds is 7. The highest BCUT2D eigenvalue weighted by Crippen LogP contribution is 2.29. The number of benzene rings is 1. The molecule has 11 nitrogen and oxygen atoms in total. The summed E-state index contributed by atoms with van der Waals surface area (Å²) in [6.45, 7) is 5.51. The number of aliphatic carboxylic acids is 1. The highest BCUT2D eigenvalue weighted by Gasteiger charge is 2.30. The molecule has 0 bridgehead atoms. The maximum absolute atomic E-state index is 13.1. The molecule has 0 aliphatic rings.